The van der Waals surface area contributed by atoms with Crippen LogP contribution in [0.15, 0.2) is 0 Å². The minimum atomic E-state index is -0.125. The van der Waals surface area contributed by atoms with Crippen molar-refractivity contribution in [3.63, 3.8) is 0 Å². The highest BCUT2D eigenvalue weighted by atomic mass is 16.5. The van der Waals surface area contributed by atoms with E-state index in [1.807, 2.05) is 0 Å². The van der Waals surface area contributed by atoms with Gasteiger partial charge in [-0.05, 0) is 12.8 Å². The van der Waals surface area contributed by atoms with Crippen molar-refractivity contribution in [2.45, 2.75) is 78.1 Å². The molecular formula is C16H36O3. The van der Waals surface area contributed by atoms with Crippen LogP contribution in [0.3, 0.4) is 0 Å². The first-order chi connectivity index (χ1) is 9.33. The Hall–Kier alpha value is -0.120. The van der Waals surface area contributed by atoms with E-state index in [0.29, 0.717) is 0 Å². The van der Waals surface area contributed by atoms with Crippen molar-refractivity contribution >= 4 is 0 Å². The van der Waals surface area contributed by atoms with Gasteiger partial charge in [-0.25, -0.2) is 0 Å². The second-order valence-electron chi connectivity index (χ2n) is 4.89. The van der Waals surface area contributed by atoms with Gasteiger partial charge in [0.25, 0.3) is 0 Å². The average Bonchev–Trinajstić information content (AvgIpc) is 2.45. The zero-order valence-corrected chi connectivity index (χ0v) is 13.2. The molecule has 0 aromatic carbocycles. The molecule has 0 aliphatic heterocycles. The van der Waals surface area contributed by atoms with Gasteiger partial charge in [-0.1, -0.05) is 65.2 Å². The van der Waals surface area contributed by atoms with Crippen molar-refractivity contribution in [1.29, 1.82) is 0 Å². The summed E-state index contributed by atoms with van der Waals surface area (Å²) in [4.78, 5) is 0. The van der Waals surface area contributed by atoms with Crippen LogP contribution in [0.4, 0.5) is 0 Å². The molecule has 118 valence electrons. The summed E-state index contributed by atoms with van der Waals surface area (Å²) in [5.74, 6) is 0. The Morgan fingerprint density at radius 1 is 0.579 bits per heavy atom. The van der Waals surface area contributed by atoms with E-state index in [2.05, 4.69) is 13.8 Å². The minimum absolute atomic E-state index is 0.125. The fraction of sp³-hybridized carbons (Fsp3) is 1.00. The van der Waals surface area contributed by atoms with Crippen molar-refractivity contribution in [2.24, 2.45) is 0 Å². The highest BCUT2D eigenvalue weighted by Crippen LogP contribution is 2.05. The van der Waals surface area contributed by atoms with Gasteiger partial charge in [-0.2, -0.15) is 0 Å². The molecule has 0 atom stereocenters. The molecule has 0 fully saturated rings. The lowest BCUT2D eigenvalue weighted by atomic mass is 10.1. The monoisotopic (exact) mass is 276 g/mol. The average molecular weight is 276 g/mol. The summed E-state index contributed by atoms with van der Waals surface area (Å²) in [5, 5.41) is 15.2. The zero-order valence-electron chi connectivity index (χ0n) is 13.2. The molecule has 0 amide bonds. The molecule has 3 nitrogen and oxygen atoms in total. The predicted molar refractivity (Wildman–Crippen MR) is 82.5 cm³/mol. The van der Waals surface area contributed by atoms with E-state index in [4.69, 9.17) is 14.9 Å². The molecule has 19 heavy (non-hydrogen) atoms. The summed E-state index contributed by atoms with van der Waals surface area (Å²) in [7, 11) is 0. The third kappa shape index (κ3) is 27.2. The molecule has 0 spiro atoms. The van der Waals surface area contributed by atoms with Crippen molar-refractivity contribution in [2.75, 3.05) is 26.4 Å². The molecule has 0 saturated carbocycles. The number of unbranched alkanes of at least 4 members (excludes halogenated alkanes) is 8. The Morgan fingerprint density at radius 2 is 0.947 bits per heavy atom. The summed E-state index contributed by atoms with van der Waals surface area (Å²) in [6, 6.07) is 0. The molecule has 0 aromatic heterocycles. The molecule has 0 radical (unpaired) electrons. The van der Waals surface area contributed by atoms with Crippen LogP contribution in [-0.2, 0) is 4.74 Å². The minimum Gasteiger partial charge on any atom is -0.394 e. The van der Waals surface area contributed by atoms with E-state index in [9.17, 15) is 0 Å². The SMILES string of the molecule is CCCCCCCCOCCCCCC.OCCO. The first-order valence-corrected chi connectivity index (χ1v) is 8.12. The van der Waals surface area contributed by atoms with Crippen LogP contribution < -0.4 is 0 Å². The van der Waals surface area contributed by atoms with Gasteiger partial charge >= 0.3 is 0 Å². The number of rotatable bonds is 13. The maximum absolute atomic E-state index is 7.62. The fourth-order valence-electron chi connectivity index (χ4n) is 1.72. The van der Waals surface area contributed by atoms with Crippen LogP contribution in [0.5, 0.6) is 0 Å². The number of aliphatic hydroxyl groups excluding tert-OH is 2. The first-order valence-electron chi connectivity index (χ1n) is 8.12. The number of hydrogen-bond donors (Lipinski definition) is 2. The van der Waals surface area contributed by atoms with Crippen molar-refractivity contribution in [3.05, 3.63) is 0 Å². The molecule has 0 unspecified atom stereocenters. The summed E-state index contributed by atoms with van der Waals surface area (Å²) in [6.45, 7) is 6.23. The van der Waals surface area contributed by atoms with Crippen molar-refractivity contribution < 1.29 is 14.9 Å². The maximum Gasteiger partial charge on any atom is 0.0662 e. The van der Waals surface area contributed by atoms with Gasteiger partial charge in [0.1, 0.15) is 0 Å². The fourth-order valence-corrected chi connectivity index (χ4v) is 1.72. The smallest absolute Gasteiger partial charge is 0.0662 e. The van der Waals surface area contributed by atoms with Gasteiger partial charge in [-0.3, -0.25) is 0 Å². The topological polar surface area (TPSA) is 49.7 Å². The Labute approximate surface area is 120 Å². The summed E-state index contributed by atoms with van der Waals surface area (Å²) in [5.41, 5.74) is 0. The van der Waals surface area contributed by atoms with Gasteiger partial charge in [0.05, 0.1) is 13.2 Å². The summed E-state index contributed by atoms with van der Waals surface area (Å²) >= 11 is 0. The van der Waals surface area contributed by atoms with E-state index in [-0.39, 0.29) is 13.2 Å². The zero-order chi connectivity index (χ0) is 14.6. The van der Waals surface area contributed by atoms with Crippen LogP contribution in [0.25, 0.3) is 0 Å². The van der Waals surface area contributed by atoms with Gasteiger partial charge in [0.2, 0.25) is 0 Å². The van der Waals surface area contributed by atoms with Gasteiger partial charge in [-0.15, -0.1) is 0 Å². The molecule has 0 aromatic rings. The van der Waals surface area contributed by atoms with E-state index < -0.39 is 0 Å². The molecule has 0 bridgehead atoms. The molecule has 2 N–H and O–H groups in total. The number of hydrogen-bond acceptors (Lipinski definition) is 3. The van der Waals surface area contributed by atoms with E-state index in [0.717, 1.165) is 13.2 Å². The highest BCUT2D eigenvalue weighted by molar-refractivity contribution is 4.44. The van der Waals surface area contributed by atoms with E-state index in [1.54, 1.807) is 0 Å². The molecule has 0 aliphatic carbocycles. The standard InChI is InChI=1S/C14H30O.C2H6O2/c1-3-5-7-9-10-12-14-15-13-11-8-6-4-2;3-1-2-4/h3-14H2,1-2H3;3-4H,1-2H2. The Balaban J connectivity index is 0. The maximum atomic E-state index is 7.62. The largest absolute Gasteiger partial charge is 0.394 e. The molecular weight excluding hydrogens is 240 g/mol. The van der Waals surface area contributed by atoms with Gasteiger partial charge < -0.3 is 14.9 Å². The molecule has 3 heteroatoms. The number of aliphatic hydroxyl groups is 2. The molecule has 0 heterocycles. The van der Waals surface area contributed by atoms with Crippen molar-refractivity contribution in [1.82, 2.24) is 0 Å². The van der Waals surface area contributed by atoms with Gasteiger partial charge in [0.15, 0.2) is 0 Å². The third-order valence-electron chi connectivity index (χ3n) is 2.88. The Morgan fingerprint density at radius 3 is 1.37 bits per heavy atom. The van der Waals surface area contributed by atoms with Crippen LogP contribution in [0.2, 0.25) is 0 Å². The van der Waals surface area contributed by atoms with E-state index >= 15 is 0 Å². The molecule has 0 aliphatic rings. The van der Waals surface area contributed by atoms with Crippen LogP contribution >= 0.6 is 0 Å². The quantitative estimate of drug-likeness (QED) is 0.501. The second-order valence-corrected chi connectivity index (χ2v) is 4.89. The lowest BCUT2D eigenvalue weighted by Gasteiger charge is -2.03. The van der Waals surface area contributed by atoms with Crippen LogP contribution in [-0.4, -0.2) is 36.6 Å². The Kier molecular flexibility index (Phi) is 25.7. The molecule has 0 rings (SSSR count). The highest BCUT2D eigenvalue weighted by Gasteiger charge is 1.91. The predicted octanol–water partition coefficient (Wildman–Crippen LogP) is 3.91. The van der Waals surface area contributed by atoms with Crippen LogP contribution in [0, 0.1) is 0 Å². The lowest BCUT2D eigenvalue weighted by molar-refractivity contribution is 0.126. The molecule has 0 saturated heterocycles. The normalized spacial score (nSPS) is 10.1. The van der Waals surface area contributed by atoms with Gasteiger partial charge in [0, 0.05) is 13.2 Å². The third-order valence-corrected chi connectivity index (χ3v) is 2.88. The lowest BCUT2D eigenvalue weighted by Crippen LogP contribution is -1.97. The first kappa shape index (κ1) is 21.2. The van der Waals surface area contributed by atoms with Crippen LogP contribution in [0.1, 0.15) is 78.1 Å². The summed E-state index contributed by atoms with van der Waals surface area (Å²) < 4.78 is 5.59. The van der Waals surface area contributed by atoms with Crippen molar-refractivity contribution in [3.8, 4) is 0 Å². The van der Waals surface area contributed by atoms with E-state index in [1.165, 1.54) is 64.2 Å². The Bertz CT molecular complexity index is 115. The number of ether oxygens (including phenoxy) is 1. The second kappa shape index (κ2) is 23.0. The summed E-state index contributed by atoms with van der Waals surface area (Å²) in [6.07, 6.45) is 13.4.